The van der Waals surface area contributed by atoms with E-state index in [0.29, 0.717) is 0 Å². The van der Waals surface area contributed by atoms with Crippen molar-refractivity contribution in [1.29, 1.82) is 0 Å². The number of hydrogen-bond donors (Lipinski definition) is 0. The summed E-state index contributed by atoms with van der Waals surface area (Å²) < 4.78 is 2.66. The zero-order valence-electron chi connectivity index (χ0n) is 25.3. The van der Waals surface area contributed by atoms with Crippen LogP contribution in [0.25, 0.3) is 53.2 Å². The second-order valence-corrected chi connectivity index (χ2v) is 13.6. The van der Waals surface area contributed by atoms with Crippen molar-refractivity contribution in [2.24, 2.45) is 0 Å². The molecular formula is C43H31NS. The third kappa shape index (κ3) is 3.99. The minimum Gasteiger partial charge on any atom is -0.310 e. The molecule has 0 unspecified atom stereocenters. The molecule has 45 heavy (non-hydrogen) atoms. The summed E-state index contributed by atoms with van der Waals surface area (Å²) in [6.45, 7) is 4.69. The van der Waals surface area contributed by atoms with Gasteiger partial charge < -0.3 is 4.90 Å². The number of para-hydroxylation sites is 1. The van der Waals surface area contributed by atoms with Gasteiger partial charge in [0.25, 0.3) is 0 Å². The molecule has 1 heterocycles. The molecule has 0 atom stereocenters. The molecule has 0 N–H and O–H groups in total. The van der Waals surface area contributed by atoms with Gasteiger partial charge in [-0.3, -0.25) is 0 Å². The fourth-order valence-corrected chi connectivity index (χ4v) is 8.60. The van der Waals surface area contributed by atoms with Crippen molar-refractivity contribution in [1.82, 2.24) is 0 Å². The lowest BCUT2D eigenvalue weighted by Crippen LogP contribution is -2.15. The lowest BCUT2D eigenvalue weighted by atomic mass is 9.82. The molecule has 1 nitrogen and oxygen atoms in total. The van der Waals surface area contributed by atoms with E-state index in [0.717, 1.165) is 17.1 Å². The number of nitrogens with zero attached hydrogens (tertiary/aromatic N) is 1. The maximum absolute atomic E-state index is 2.46. The highest BCUT2D eigenvalue weighted by atomic mass is 32.1. The second-order valence-electron chi connectivity index (χ2n) is 12.6. The summed E-state index contributed by atoms with van der Waals surface area (Å²) in [5, 5.41) is 5.22. The Morgan fingerprint density at radius 2 is 1.16 bits per heavy atom. The first kappa shape index (κ1) is 26.2. The van der Waals surface area contributed by atoms with Crippen LogP contribution < -0.4 is 4.90 Å². The van der Waals surface area contributed by atoms with E-state index in [1.807, 2.05) is 11.3 Å². The van der Waals surface area contributed by atoms with Crippen LogP contribution in [0.5, 0.6) is 0 Å². The average molecular weight is 594 g/mol. The van der Waals surface area contributed by atoms with E-state index in [1.165, 1.54) is 64.3 Å². The third-order valence-electron chi connectivity index (χ3n) is 9.66. The Morgan fingerprint density at radius 1 is 0.489 bits per heavy atom. The van der Waals surface area contributed by atoms with Crippen LogP contribution in [-0.2, 0) is 5.41 Å². The molecule has 0 bridgehead atoms. The molecule has 214 valence electrons. The van der Waals surface area contributed by atoms with Crippen LogP contribution in [0.3, 0.4) is 0 Å². The van der Waals surface area contributed by atoms with Gasteiger partial charge in [-0.15, -0.1) is 11.3 Å². The summed E-state index contributed by atoms with van der Waals surface area (Å²) in [5.74, 6) is 0. The molecule has 1 aliphatic carbocycles. The zero-order valence-corrected chi connectivity index (χ0v) is 26.1. The van der Waals surface area contributed by atoms with Crippen molar-refractivity contribution >= 4 is 59.3 Å². The number of benzene rings is 7. The van der Waals surface area contributed by atoms with Gasteiger partial charge >= 0.3 is 0 Å². The van der Waals surface area contributed by atoms with Crippen molar-refractivity contribution < 1.29 is 0 Å². The molecule has 0 amide bonds. The number of rotatable bonds is 4. The maximum Gasteiger partial charge on any atom is 0.0540 e. The Morgan fingerprint density at radius 3 is 2.04 bits per heavy atom. The molecule has 0 saturated carbocycles. The van der Waals surface area contributed by atoms with Crippen LogP contribution in [0.4, 0.5) is 17.1 Å². The highest BCUT2D eigenvalue weighted by Crippen LogP contribution is 2.51. The van der Waals surface area contributed by atoms with Gasteiger partial charge in [-0.05, 0) is 81.1 Å². The number of anilines is 3. The van der Waals surface area contributed by atoms with E-state index in [2.05, 4.69) is 170 Å². The van der Waals surface area contributed by atoms with E-state index in [4.69, 9.17) is 0 Å². The normalized spacial score (nSPS) is 13.3. The van der Waals surface area contributed by atoms with Crippen molar-refractivity contribution in [3.63, 3.8) is 0 Å². The van der Waals surface area contributed by atoms with Crippen LogP contribution in [0.2, 0.25) is 0 Å². The monoisotopic (exact) mass is 593 g/mol. The minimum absolute atomic E-state index is 0.0359. The first-order valence-electron chi connectivity index (χ1n) is 15.6. The van der Waals surface area contributed by atoms with Gasteiger partial charge in [-0.1, -0.05) is 123 Å². The van der Waals surface area contributed by atoms with Crippen molar-refractivity contribution in [3.8, 4) is 22.3 Å². The number of hydrogen-bond acceptors (Lipinski definition) is 2. The summed E-state index contributed by atoms with van der Waals surface area (Å²) in [6.07, 6.45) is 0. The topological polar surface area (TPSA) is 3.24 Å². The Bertz CT molecular complexity index is 2410. The molecule has 1 aliphatic rings. The van der Waals surface area contributed by atoms with Gasteiger partial charge in [0.15, 0.2) is 0 Å². The third-order valence-corrected chi connectivity index (χ3v) is 10.8. The quantitative estimate of drug-likeness (QED) is 0.196. The van der Waals surface area contributed by atoms with Gasteiger partial charge in [0.1, 0.15) is 0 Å². The number of fused-ring (bicyclic) bond motifs is 8. The highest BCUT2D eigenvalue weighted by Gasteiger charge is 2.35. The molecular weight excluding hydrogens is 563 g/mol. The van der Waals surface area contributed by atoms with Gasteiger partial charge in [0.05, 0.1) is 5.69 Å². The van der Waals surface area contributed by atoms with Gasteiger partial charge in [0.2, 0.25) is 0 Å². The second kappa shape index (κ2) is 9.92. The summed E-state index contributed by atoms with van der Waals surface area (Å²) in [5.41, 5.74) is 11.3. The molecule has 0 aliphatic heterocycles. The number of thiophene rings is 1. The Hall–Kier alpha value is -5.18. The first-order valence-corrected chi connectivity index (χ1v) is 16.4. The lowest BCUT2D eigenvalue weighted by molar-refractivity contribution is 0.660. The first-order chi connectivity index (χ1) is 22.1. The van der Waals surface area contributed by atoms with Crippen molar-refractivity contribution in [3.05, 3.63) is 163 Å². The van der Waals surface area contributed by atoms with Crippen molar-refractivity contribution in [2.75, 3.05) is 4.90 Å². The molecule has 2 heteroatoms. The molecule has 7 aromatic carbocycles. The predicted molar refractivity (Wildman–Crippen MR) is 195 cm³/mol. The Kier molecular flexibility index (Phi) is 5.78. The van der Waals surface area contributed by atoms with E-state index in [-0.39, 0.29) is 5.41 Å². The molecule has 9 rings (SSSR count). The van der Waals surface area contributed by atoms with Crippen LogP contribution in [0.1, 0.15) is 25.0 Å². The molecule has 8 aromatic rings. The molecule has 0 fully saturated rings. The van der Waals surface area contributed by atoms with Crippen LogP contribution in [0, 0.1) is 0 Å². The summed E-state index contributed by atoms with van der Waals surface area (Å²) in [4.78, 5) is 2.46. The van der Waals surface area contributed by atoms with Gasteiger partial charge in [0, 0.05) is 42.5 Å². The van der Waals surface area contributed by atoms with Crippen molar-refractivity contribution in [2.45, 2.75) is 19.3 Å². The fourth-order valence-electron chi connectivity index (χ4n) is 7.48. The maximum atomic E-state index is 2.46. The van der Waals surface area contributed by atoms with E-state index >= 15 is 0 Å². The summed E-state index contributed by atoms with van der Waals surface area (Å²) in [6, 6.07) is 55.9. The van der Waals surface area contributed by atoms with Crippen LogP contribution >= 0.6 is 11.3 Å². The van der Waals surface area contributed by atoms with E-state index in [1.54, 1.807) is 0 Å². The highest BCUT2D eigenvalue weighted by molar-refractivity contribution is 7.26. The molecule has 0 spiro atoms. The molecule has 0 saturated heterocycles. The summed E-state index contributed by atoms with van der Waals surface area (Å²) in [7, 11) is 0. The van der Waals surface area contributed by atoms with Crippen LogP contribution in [-0.4, -0.2) is 0 Å². The zero-order chi connectivity index (χ0) is 30.1. The molecule has 0 radical (unpaired) electrons. The largest absolute Gasteiger partial charge is 0.310 e. The summed E-state index contributed by atoms with van der Waals surface area (Å²) >= 11 is 1.88. The van der Waals surface area contributed by atoms with E-state index in [9.17, 15) is 0 Å². The van der Waals surface area contributed by atoms with Crippen LogP contribution in [0.15, 0.2) is 152 Å². The predicted octanol–water partition coefficient (Wildman–Crippen LogP) is 12.7. The molecule has 1 aromatic heterocycles. The van der Waals surface area contributed by atoms with E-state index < -0.39 is 0 Å². The SMILES string of the molecule is CC1(C)c2ccccc2-c2cc(N(c3ccc4ccc5sc6ccccc6c5c4c3)c3ccccc3-c3ccccc3)ccc21. The standard InChI is InChI=1S/C43H31NS/c1-43(2)37-17-9-6-15-33(37)36-27-31(23-24-38(36)43)44(39-18-10-7-14-32(39)28-12-4-3-5-13-28)30-22-20-29-21-25-41-42(35(29)26-30)34-16-8-11-19-40(34)45-41/h3-27H,1-2H3. The fraction of sp³-hybridized carbons (Fsp3) is 0.0698. The smallest absolute Gasteiger partial charge is 0.0540 e. The van der Waals surface area contributed by atoms with Gasteiger partial charge in [-0.25, -0.2) is 0 Å². The van der Waals surface area contributed by atoms with Gasteiger partial charge in [-0.2, -0.15) is 0 Å². The Labute approximate surface area is 267 Å². The average Bonchev–Trinajstić information content (AvgIpc) is 3.58. The Balaban J connectivity index is 1.33. The minimum atomic E-state index is -0.0359. The lowest BCUT2D eigenvalue weighted by Gasteiger charge is -2.29.